The number of rotatable bonds is 3. The van der Waals surface area contributed by atoms with Crippen molar-refractivity contribution in [2.24, 2.45) is 0 Å². The summed E-state index contributed by atoms with van der Waals surface area (Å²) in [7, 11) is -3.93. The average molecular weight is 268 g/mol. The monoisotopic (exact) mass is 268 g/mol. The van der Waals surface area contributed by atoms with Gasteiger partial charge in [0.15, 0.2) is 9.84 Å². The molecule has 0 radical (unpaired) electrons. The summed E-state index contributed by atoms with van der Waals surface area (Å²) in [6.07, 6.45) is -5.13. The van der Waals surface area contributed by atoms with E-state index in [1.165, 1.54) is 24.3 Å². The standard InChI is InChI=1S/C10H8F4O2S/c11-9(10(12,13)14)6-7-17(15,16)8-4-2-1-3-5-8/h1-6H,7H2/b9-6+. The normalized spacial score (nSPS) is 13.8. The molecule has 0 amide bonds. The third-order valence-corrected chi connectivity index (χ3v) is 3.45. The number of sulfone groups is 1. The van der Waals surface area contributed by atoms with Crippen molar-refractivity contribution in [1.82, 2.24) is 0 Å². The highest BCUT2D eigenvalue weighted by atomic mass is 32.2. The molecule has 1 aromatic carbocycles. The molecule has 0 unspecified atom stereocenters. The van der Waals surface area contributed by atoms with E-state index in [0.717, 1.165) is 0 Å². The van der Waals surface area contributed by atoms with Crippen LogP contribution in [-0.2, 0) is 9.84 Å². The average Bonchev–Trinajstić information content (AvgIpc) is 2.26. The van der Waals surface area contributed by atoms with Crippen molar-refractivity contribution in [1.29, 1.82) is 0 Å². The van der Waals surface area contributed by atoms with Crippen LogP contribution in [-0.4, -0.2) is 20.3 Å². The fourth-order valence-corrected chi connectivity index (χ4v) is 2.15. The van der Waals surface area contributed by atoms with E-state index in [1.54, 1.807) is 6.07 Å². The zero-order valence-corrected chi connectivity index (χ0v) is 9.22. The summed E-state index contributed by atoms with van der Waals surface area (Å²) >= 11 is 0. The molecule has 1 rings (SSSR count). The molecule has 7 heteroatoms. The molecule has 0 aromatic heterocycles. The molecule has 0 saturated heterocycles. The van der Waals surface area contributed by atoms with Gasteiger partial charge in [0.2, 0.25) is 5.83 Å². The van der Waals surface area contributed by atoms with Gasteiger partial charge in [0.25, 0.3) is 0 Å². The Morgan fingerprint density at radius 1 is 1.18 bits per heavy atom. The Labute approximate surface area is 95.5 Å². The molecule has 0 heterocycles. The molecule has 0 atom stereocenters. The lowest BCUT2D eigenvalue weighted by Gasteiger charge is -2.03. The van der Waals surface area contributed by atoms with E-state index in [2.05, 4.69) is 0 Å². The summed E-state index contributed by atoms with van der Waals surface area (Å²) < 4.78 is 70.8. The van der Waals surface area contributed by atoms with Gasteiger partial charge in [0.1, 0.15) is 0 Å². The lowest BCUT2D eigenvalue weighted by atomic mass is 10.4. The van der Waals surface area contributed by atoms with E-state index in [9.17, 15) is 26.0 Å². The number of benzene rings is 1. The summed E-state index contributed by atoms with van der Waals surface area (Å²) in [4.78, 5) is -0.147. The van der Waals surface area contributed by atoms with Gasteiger partial charge in [-0.15, -0.1) is 0 Å². The zero-order valence-electron chi connectivity index (χ0n) is 8.41. The SMILES string of the molecule is O=S(=O)(C/C=C(/F)C(F)(F)F)c1ccccc1. The molecule has 0 N–H and O–H groups in total. The molecule has 0 saturated carbocycles. The maximum Gasteiger partial charge on any atom is 0.442 e. The van der Waals surface area contributed by atoms with Gasteiger partial charge in [0.05, 0.1) is 10.6 Å². The van der Waals surface area contributed by atoms with Crippen LogP contribution in [0, 0.1) is 0 Å². The first kappa shape index (κ1) is 13.7. The van der Waals surface area contributed by atoms with Gasteiger partial charge in [-0.2, -0.15) is 13.2 Å². The van der Waals surface area contributed by atoms with Crippen molar-refractivity contribution in [3.8, 4) is 0 Å². The predicted octanol–water partition coefficient (Wildman–Crippen LogP) is 2.88. The van der Waals surface area contributed by atoms with Gasteiger partial charge in [-0.1, -0.05) is 18.2 Å². The summed E-state index contributed by atoms with van der Waals surface area (Å²) in [6, 6.07) is 6.88. The highest BCUT2D eigenvalue weighted by Crippen LogP contribution is 2.26. The zero-order chi connectivity index (χ0) is 13.1. The van der Waals surface area contributed by atoms with Crippen LogP contribution in [0.1, 0.15) is 0 Å². The van der Waals surface area contributed by atoms with Crippen LogP contribution in [0.5, 0.6) is 0 Å². The van der Waals surface area contributed by atoms with Crippen LogP contribution in [0.2, 0.25) is 0 Å². The largest absolute Gasteiger partial charge is 0.442 e. The summed E-state index contributed by atoms with van der Waals surface area (Å²) in [6.45, 7) is 0. The first-order valence-electron chi connectivity index (χ1n) is 4.44. The van der Waals surface area contributed by atoms with Crippen LogP contribution in [0.15, 0.2) is 47.1 Å². The van der Waals surface area contributed by atoms with E-state index in [-0.39, 0.29) is 11.0 Å². The third-order valence-electron chi connectivity index (χ3n) is 1.86. The minimum atomic E-state index is -5.15. The Morgan fingerprint density at radius 2 is 1.71 bits per heavy atom. The topological polar surface area (TPSA) is 34.1 Å². The second kappa shape index (κ2) is 4.87. The minimum absolute atomic E-state index is 0.0162. The van der Waals surface area contributed by atoms with E-state index < -0.39 is 27.6 Å². The first-order chi connectivity index (χ1) is 7.73. The predicted molar refractivity (Wildman–Crippen MR) is 53.7 cm³/mol. The van der Waals surface area contributed by atoms with Gasteiger partial charge < -0.3 is 0 Å². The smallest absolute Gasteiger partial charge is 0.223 e. The van der Waals surface area contributed by atoms with E-state index in [4.69, 9.17) is 0 Å². The molecule has 0 bridgehead atoms. The van der Waals surface area contributed by atoms with Crippen LogP contribution in [0.25, 0.3) is 0 Å². The van der Waals surface area contributed by atoms with Crippen molar-refractivity contribution < 1.29 is 26.0 Å². The van der Waals surface area contributed by atoms with Gasteiger partial charge in [0, 0.05) is 0 Å². The van der Waals surface area contributed by atoms with Crippen molar-refractivity contribution in [3.63, 3.8) is 0 Å². The van der Waals surface area contributed by atoms with Crippen molar-refractivity contribution in [3.05, 3.63) is 42.2 Å². The highest BCUT2D eigenvalue weighted by Gasteiger charge is 2.34. The quantitative estimate of drug-likeness (QED) is 0.790. The fraction of sp³-hybridized carbons (Fsp3) is 0.200. The van der Waals surface area contributed by atoms with Crippen molar-refractivity contribution in [2.75, 3.05) is 5.75 Å². The Morgan fingerprint density at radius 3 is 2.18 bits per heavy atom. The van der Waals surface area contributed by atoms with E-state index in [1.807, 2.05) is 0 Å². The van der Waals surface area contributed by atoms with Crippen LogP contribution < -0.4 is 0 Å². The second-order valence-electron chi connectivity index (χ2n) is 3.14. The molecular formula is C10H8F4O2S. The third kappa shape index (κ3) is 3.85. The number of alkyl halides is 3. The minimum Gasteiger partial charge on any atom is -0.223 e. The molecule has 0 spiro atoms. The number of hydrogen-bond donors (Lipinski definition) is 0. The van der Waals surface area contributed by atoms with Crippen LogP contribution >= 0.6 is 0 Å². The summed E-state index contributed by atoms with van der Waals surface area (Å²) in [5.41, 5.74) is 0. The van der Waals surface area contributed by atoms with Gasteiger partial charge in [-0.3, -0.25) is 0 Å². The summed E-state index contributed by atoms with van der Waals surface area (Å²) in [5, 5.41) is 0. The molecule has 1 aromatic rings. The summed E-state index contributed by atoms with van der Waals surface area (Å²) in [5.74, 6) is -3.43. The number of hydrogen-bond acceptors (Lipinski definition) is 2. The Kier molecular flexibility index (Phi) is 3.92. The van der Waals surface area contributed by atoms with Gasteiger partial charge in [-0.25, -0.2) is 12.8 Å². The van der Waals surface area contributed by atoms with Gasteiger partial charge >= 0.3 is 6.18 Å². The Balaban J connectivity index is 2.90. The van der Waals surface area contributed by atoms with Crippen LogP contribution in [0.4, 0.5) is 17.6 Å². The molecule has 0 aliphatic carbocycles. The number of halogens is 4. The first-order valence-corrected chi connectivity index (χ1v) is 6.09. The molecular weight excluding hydrogens is 260 g/mol. The lowest BCUT2D eigenvalue weighted by molar-refractivity contribution is -0.108. The number of allylic oxidation sites excluding steroid dienone is 1. The molecule has 0 fully saturated rings. The fourth-order valence-electron chi connectivity index (χ4n) is 1.02. The maximum atomic E-state index is 12.4. The Hall–Kier alpha value is -1.37. The van der Waals surface area contributed by atoms with Crippen molar-refractivity contribution >= 4 is 9.84 Å². The molecule has 2 nitrogen and oxygen atoms in total. The maximum absolute atomic E-state index is 12.4. The lowest BCUT2D eigenvalue weighted by Crippen LogP contribution is -2.11. The molecule has 0 aliphatic heterocycles. The Bertz CT molecular complexity index is 503. The van der Waals surface area contributed by atoms with E-state index in [0.29, 0.717) is 0 Å². The van der Waals surface area contributed by atoms with Gasteiger partial charge in [-0.05, 0) is 18.2 Å². The molecule has 17 heavy (non-hydrogen) atoms. The van der Waals surface area contributed by atoms with E-state index >= 15 is 0 Å². The molecule has 0 aliphatic rings. The highest BCUT2D eigenvalue weighted by molar-refractivity contribution is 7.91. The molecule has 94 valence electrons. The van der Waals surface area contributed by atoms with Crippen molar-refractivity contribution in [2.45, 2.75) is 11.1 Å². The van der Waals surface area contributed by atoms with Crippen LogP contribution in [0.3, 0.4) is 0 Å². The second-order valence-corrected chi connectivity index (χ2v) is 5.18.